The average Bonchev–Trinajstić information content (AvgIpc) is 2.52. The molecule has 1 aliphatic carbocycles. The molecule has 0 heterocycles. The molecule has 0 aliphatic heterocycles. The van der Waals surface area contributed by atoms with Crippen LogP contribution in [0.1, 0.15) is 46.0 Å². The second-order valence-electron chi connectivity index (χ2n) is 6.55. The van der Waals surface area contributed by atoms with E-state index in [2.05, 4.69) is 19.2 Å². The van der Waals surface area contributed by atoms with Gasteiger partial charge in [-0.15, -0.1) is 0 Å². The molecule has 132 valence electrons. The monoisotopic (exact) mass is 339 g/mol. The first kappa shape index (κ1) is 18.4. The van der Waals surface area contributed by atoms with Crippen LogP contribution < -0.4 is 5.32 Å². The van der Waals surface area contributed by atoms with Gasteiger partial charge in [-0.05, 0) is 43.2 Å². The zero-order valence-corrected chi connectivity index (χ0v) is 14.0. The lowest BCUT2D eigenvalue weighted by atomic mass is 9.80. The van der Waals surface area contributed by atoms with Gasteiger partial charge in [-0.1, -0.05) is 13.8 Å². The summed E-state index contributed by atoms with van der Waals surface area (Å²) in [5, 5.41) is 2.32. The Kier molecular flexibility index (Phi) is 6.29. The molecule has 1 N–H and O–H groups in total. The van der Waals surface area contributed by atoms with Crippen molar-refractivity contribution in [3.63, 3.8) is 0 Å². The highest BCUT2D eigenvalue weighted by Gasteiger charge is 2.27. The van der Waals surface area contributed by atoms with Crippen LogP contribution in [0.4, 0.5) is 14.5 Å². The molecule has 3 atom stereocenters. The highest BCUT2D eigenvalue weighted by molar-refractivity contribution is 5.92. The van der Waals surface area contributed by atoms with Gasteiger partial charge < -0.3 is 10.1 Å². The van der Waals surface area contributed by atoms with Crippen molar-refractivity contribution >= 4 is 17.6 Å². The number of carbonyl (C=O) groups is 2. The van der Waals surface area contributed by atoms with Gasteiger partial charge in [0.25, 0.3) is 0 Å². The lowest BCUT2D eigenvalue weighted by Crippen LogP contribution is -2.29. The molecular formula is C18H23F2NO3. The molecule has 1 saturated carbocycles. The third-order valence-corrected chi connectivity index (χ3v) is 4.61. The zero-order chi connectivity index (χ0) is 17.7. The van der Waals surface area contributed by atoms with Crippen molar-refractivity contribution in [3.05, 3.63) is 29.8 Å². The number of anilines is 1. The number of carbonyl (C=O) groups excluding carboxylic acids is 2. The van der Waals surface area contributed by atoms with E-state index in [1.54, 1.807) is 0 Å². The number of amides is 1. The normalized spacial score (nSPS) is 23.6. The Bertz CT molecular complexity index is 606. The van der Waals surface area contributed by atoms with E-state index in [9.17, 15) is 18.4 Å². The zero-order valence-electron chi connectivity index (χ0n) is 14.0. The van der Waals surface area contributed by atoms with Gasteiger partial charge in [0.15, 0.2) is 0 Å². The molecule has 1 aliphatic rings. The lowest BCUT2D eigenvalue weighted by molar-refractivity contribution is -0.152. The first-order chi connectivity index (χ1) is 11.3. The Morgan fingerprint density at radius 2 is 1.92 bits per heavy atom. The highest BCUT2D eigenvalue weighted by Crippen LogP contribution is 2.31. The molecule has 0 saturated heterocycles. The summed E-state index contributed by atoms with van der Waals surface area (Å²) in [7, 11) is 0. The molecule has 24 heavy (non-hydrogen) atoms. The molecular weight excluding hydrogens is 316 g/mol. The van der Waals surface area contributed by atoms with Crippen molar-refractivity contribution < 1.29 is 23.1 Å². The van der Waals surface area contributed by atoms with Gasteiger partial charge in [0, 0.05) is 12.5 Å². The molecule has 2 rings (SSSR count). The minimum Gasteiger partial charge on any atom is -0.462 e. The van der Waals surface area contributed by atoms with Gasteiger partial charge >= 0.3 is 5.97 Å². The molecule has 4 nitrogen and oxygen atoms in total. The molecule has 6 heteroatoms. The molecule has 0 spiro atoms. The first-order valence-corrected chi connectivity index (χ1v) is 8.29. The Labute approximate surface area is 140 Å². The van der Waals surface area contributed by atoms with E-state index < -0.39 is 23.5 Å². The summed E-state index contributed by atoms with van der Waals surface area (Å²) < 4.78 is 31.6. The number of hydrogen-bond donors (Lipinski definition) is 1. The van der Waals surface area contributed by atoms with Crippen molar-refractivity contribution in [1.29, 1.82) is 0 Å². The minimum absolute atomic E-state index is 0.0604. The Morgan fingerprint density at radius 1 is 1.17 bits per heavy atom. The summed E-state index contributed by atoms with van der Waals surface area (Å²) in [4.78, 5) is 23.6. The van der Waals surface area contributed by atoms with Crippen molar-refractivity contribution in [2.24, 2.45) is 11.8 Å². The van der Waals surface area contributed by atoms with Gasteiger partial charge in [0.05, 0.1) is 12.1 Å². The second kappa shape index (κ2) is 8.22. The Morgan fingerprint density at radius 3 is 2.58 bits per heavy atom. The fourth-order valence-electron chi connectivity index (χ4n) is 2.87. The third-order valence-electron chi connectivity index (χ3n) is 4.61. The van der Waals surface area contributed by atoms with E-state index in [-0.39, 0.29) is 24.6 Å². The quantitative estimate of drug-likeness (QED) is 0.823. The van der Waals surface area contributed by atoms with Gasteiger partial charge in [-0.3, -0.25) is 9.59 Å². The van der Waals surface area contributed by atoms with Crippen LogP contribution in [0.15, 0.2) is 18.2 Å². The number of ether oxygens (including phenoxy) is 1. The molecule has 1 aromatic rings. The van der Waals surface area contributed by atoms with Crippen LogP contribution in [0.3, 0.4) is 0 Å². The summed E-state index contributed by atoms with van der Waals surface area (Å²) in [6.07, 6.45) is 2.48. The van der Waals surface area contributed by atoms with Crippen LogP contribution in [-0.4, -0.2) is 18.0 Å². The SMILES string of the molecule is C[C@@H]1CC[C@H](OC(=O)CCC(=O)Nc2ccc(F)cc2F)C[C@@H]1C. The predicted molar refractivity (Wildman–Crippen MR) is 86.3 cm³/mol. The summed E-state index contributed by atoms with van der Waals surface area (Å²) in [5.74, 6) is -1.35. The Hall–Kier alpha value is -1.98. The average molecular weight is 339 g/mol. The highest BCUT2D eigenvalue weighted by atomic mass is 19.1. The number of halogens is 2. The van der Waals surface area contributed by atoms with E-state index in [4.69, 9.17) is 4.74 Å². The molecule has 0 bridgehead atoms. The van der Waals surface area contributed by atoms with E-state index in [0.717, 1.165) is 31.4 Å². The van der Waals surface area contributed by atoms with Crippen LogP contribution >= 0.6 is 0 Å². The van der Waals surface area contributed by atoms with E-state index in [1.165, 1.54) is 0 Å². The maximum atomic E-state index is 13.4. The van der Waals surface area contributed by atoms with Gasteiger partial charge in [0.1, 0.15) is 17.7 Å². The van der Waals surface area contributed by atoms with Crippen LogP contribution in [0.5, 0.6) is 0 Å². The molecule has 1 amide bonds. The Balaban J connectivity index is 1.74. The number of hydrogen-bond acceptors (Lipinski definition) is 3. The number of benzene rings is 1. The second-order valence-corrected chi connectivity index (χ2v) is 6.55. The minimum atomic E-state index is -0.851. The van der Waals surface area contributed by atoms with Gasteiger partial charge in [-0.2, -0.15) is 0 Å². The van der Waals surface area contributed by atoms with E-state index in [1.807, 2.05) is 0 Å². The molecule has 0 radical (unpaired) electrons. The molecule has 0 unspecified atom stereocenters. The standard InChI is InChI=1S/C18H23F2NO3/c1-11-3-5-14(9-12(11)2)24-18(23)8-7-17(22)21-16-6-4-13(19)10-15(16)20/h4,6,10-12,14H,3,5,7-9H2,1-2H3,(H,21,22)/t11-,12+,14+/m1/s1. The van der Waals surface area contributed by atoms with Crippen molar-refractivity contribution in [2.45, 2.75) is 52.1 Å². The number of esters is 1. The van der Waals surface area contributed by atoms with Crippen LogP contribution in [0, 0.1) is 23.5 Å². The lowest BCUT2D eigenvalue weighted by Gasteiger charge is -2.31. The predicted octanol–water partition coefficient (Wildman–Crippen LogP) is 4.05. The van der Waals surface area contributed by atoms with Crippen LogP contribution in [0.25, 0.3) is 0 Å². The van der Waals surface area contributed by atoms with E-state index in [0.29, 0.717) is 17.9 Å². The maximum absolute atomic E-state index is 13.4. The van der Waals surface area contributed by atoms with Crippen molar-refractivity contribution in [1.82, 2.24) is 0 Å². The first-order valence-electron chi connectivity index (χ1n) is 8.29. The smallest absolute Gasteiger partial charge is 0.306 e. The fraction of sp³-hybridized carbons (Fsp3) is 0.556. The van der Waals surface area contributed by atoms with Crippen LogP contribution in [0.2, 0.25) is 0 Å². The fourth-order valence-corrected chi connectivity index (χ4v) is 2.87. The van der Waals surface area contributed by atoms with E-state index >= 15 is 0 Å². The maximum Gasteiger partial charge on any atom is 0.306 e. The summed E-state index contributed by atoms with van der Waals surface area (Å²) in [6, 6.07) is 2.89. The topological polar surface area (TPSA) is 55.4 Å². The molecule has 1 aromatic carbocycles. The molecule has 0 aromatic heterocycles. The van der Waals surface area contributed by atoms with Gasteiger partial charge in [0.2, 0.25) is 5.91 Å². The number of nitrogens with one attached hydrogen (secondary N) is 1. The van der Waals surface area contributed by atoms with Crippen molar-refractivity contribution in [2.75, 3.05) is 5.32 Å². The summed E-state index contributed by atoms with van der Waals surface area (Å²) >= 11 is 0. The van der Waals surface area contributed by atoms with Crippen LogP contribution in [-0.2, 0) is 14.3 Å². The largest absolute Gasteiger partial charge is 0.462 e. The van der Waals surface area contributed by atoms with Gasteiger partial charge in [-0.25, -0.2) is 8.78 Å². The summed E-state index contributed by atoms with van der Waals surface area (Å²) in [6.45, 7) is 4.34. The number of rotatable bonds is 5. The third kappa shape index (κ3) is 5.28. The molecule has 1 fully saturated rings. The summed E-state index contributed by atoms with van der Waals surface area (Å²) in [5.41, 5.74) is -0.107. The van der Waals surface area contributed by atoms with Crippen molar-refractivity contribution in [3.8, 4) is 0 Å².